The predicted molar refractivity (Wildman–Crippen MR) is 86.5 cm³/mol. The van der Waals surface area contributed by atoms with Gasteiger partial charge in [0.05, 0.1) is 22.6 Å². The van der Waals surface area contributed by atoms with Gasteiger partial charge in [-0.05, 0) is 18.6 Å². The van der Waals surface area contributed by atoms with Crippen LogP contribution in [0.3, 0.4) is 0 Å². The number of carboxylic acid groups (broad SMARTS) is 1. The summed E-state index contributed by atoms with van der Waals surface area (Å²) in [4.78, 5) is 29.2. The Morgan fingerprint density at radius 2 is 2.36 bits per heavy atom. The number of thioether (sulfide) groups is 1. The summed E-state index contributed by atoms with van der Waals surface area (Å²) in [5.41, 5.74) is 3.86. The van der Waals surface area contributed by atoms with E-state index >= 15 is 0 Å². The molecule has 116 valence electrons. The topological polar surface area (TPSA) is 82.5 Å². The molecule has 8 heteroatoms. The van der Waals surface area contributed by atoms with E-state index in [9.17, 15) is 14.7 Å². The summed E-state index contributed by atoms with van der Waals surface area (Å²) in [7, 11) is 0. The fourth-order valence-electron chi connectivity index (χ4n) is 2.59. The average Bonchev–Trinajstić information content (AvgIpc) is 2.87. The van der Waals surface area contributed by atoms with Crippen molar-refractivity contribution >= 4 is 41.6 Å². The number of aromatic nitrogens is 1. The number of carbonyl (C=O) groups is 2. The van der Waals surface area contributed by atoms with Gasteiger partial charge in [-0.3, -0.25) is 4.79 Å². The number of thiazole rings is 1. The fourth-order valence-corrected chi connectivity index (χ4v) is 4.64. The molecule has 2 aliphatic rings. The third-order valence-electron chi connectivity index (χ3n) is 3.75. The van der Waals surface area contributed by atoms with Gasteiger partial charge in [0.25, 0.3) is 0 Å². The standard InChI is InChI=1S/C14H15N3O3S2/c1-8-11(22-7-16-8)3-2-9-5-21-13-10(15-6-18)4-17(13)12(9)14(19)20/h2-3,6-7,10,13H,4-5H2,1H3,(H,15,18)(H,19,20)/b3-2-. The lowest BCUT2D eigenvalue weighted by Crippen LogP contribution is -2.65. The minimum atomic E-state index is -0.921. The molecule has 2 N–H and O–H groups in total. The summed E-state index contributed by atoms with van der Waals surface area (Å²) in [5.74, 6) is -0.302. The zero-order valence-corrected chi connectivity index (χ0v) is 13.5. The van der Waals surface area contributed by atoms with Gasteiger partial charge in [-0.15, -0.1) is 23.1 Å². The van der Waals surface area contributed by atoms with E-state index in [2.05, 4.69) is 10.3 Å². The van der Waals surface area contributed by atoms with E-state index in [-0.39, 0.29) is 11.4 Å². The maximum atomic E-state index is 11.6. The van der Waals surface area contributed by atoms with Crippen molar-refractivity contribution in [3.63, 3.8) is 0 Å². The number of nitrogens with zero attached hydrogens (tertiary/aromatic N) is 2. The highest BCUT2D eigenvalue weighted by Gasteiger charge is 2.45. The van der Waals surface area contributed by atoms with E-state index < -0.39 is 5.97 Å². The van der Waals surface area contributed by atoms with E-state index in [0.29, 0.717) is 24.4 Å². The molecular formula is C14H15N3O3S2. The van der Waals surface area contributed by atoms with Crippen LogP contribution in [0.2, 0.25) is 0 Å². The Morgan fingerprint density at radius 1 is 1.55 bits per heavy atom. The van der Waals surface area contributed by atoms with Crippen molar-refractivity contribution < 1.29 is 14.7 Å². The molecule has 1 fully saturated rings. The summed E-state index contributed by atoms with van der Waals surface area (Å²) < 4.78 is 0. The van der Waals surface area contributed by atoms with Crippen LogP contribution in [0.5, 0.6) is 0 Å². The lowest BCUT2D eigenvalue weighted by atomic mass is 10.0. The van der Waals surface area contributed by atoms with Crippen LogP contribution >= 0.6 is 23.1 Å². The number of nitrogens with one attached hydrogen (secondary N) is 1. The minimum Gasteiger partial charge on any atom is -0.477 e. The number of rotatable bonds is 5. The molecule has 0 aliphatic carbocycles. The van der Waals surface area contributed by atoms with Crippen molar-refractivity contribution in [3.8, 4) is 0 Å². The number of allylic oxidation sites excluding steroid dienone is 1. The molecule has 0 aromatic carbocycles. The van der Waals surface area contributed by atoms with Gasteiger partial charge in [0, 0.05) is 17.2 Å². The molecule has 1 amide bonds. The van der Waals surface area contributed by atoms with Crippen LogP contribution in [-0.2, 0) is 9.59 Å². The summed E-state index contributed by atoms with van der Waals surface area (Å²) in [6, 6.07) is 0.0196. The van der Waals surface area contributed by atoms with Gasteiger partial charge in [0.15, 0.2) is 0 Å². The van der Waals surface area contributed by atoms with Gasteiger partial charge in [0.1, 0.15) is 5.70 Å². The molecule has 3 rings (SSSR count). The summed E-state index contributed by atoms with van der Waals surface area (Å²) in [6.45, 7) is 2.47. The van der Waals surface area contributed by atoms with Crippen LogP contribution in [0.25, 0.3) is 6.08 Å². The van der Waals surface area contributed by atoms with Crippen LogP contribution in [0, 0.1) is 6.92 Å². The van der Waals surface area contributed by atoms with Gasteiger partial charge in [-0.2, -0.15) is 0 Å². The highest BCUT2D eigenvalue weighted by Crippen LogP contribution is 2.39. The van der Waals surface area contributed by atoms with Crippen LogP contribution in [0.15, 0.2) is 22.9 Å². The molecule has 0 radical (unpaired) electrons. The normalized spacial score (nSPS) is 24.1. The third kappa shape index (κ3) is 2.64. The smallest absolute Gasteiger partial charge is 0.352 e. The van der Waals surface area contributed by atoms with Crippen LogP contribution < -0.4 is 5.32 Å². The number of aryl methyl sites for hydroxylation is 1. The molecule has 0 saturated carbocycles. The molecule has 1 aromatic heterocycles. The van der Waals surface area contributed by atoms with Gasteiger partial charge in [-0.25, -0.2) is 9.78 Å². The van der Waals surface area contributed by atoms with Crippen LogP contribution in [0.1, 0.15) is 10.6 Å². The maximum absolute atomic E-state index is 11.6. The zero-order chi connectivity index (χ0) is 15.7. The van der Waals surface area contributed by atoms with E-state index in [0.717, 1.165) is 16.1 Å². The average molecular weight is 337 g/mol. The Kier molecular flexibility index (Phi) is 4.21. The van der Waals surface area contributed by atoms with E-state index in [1.165, 1.54) is 11.3 Å². The quantitative estimate of drug-likeness (QED) is 0.788. The maximum Gasteiger partial charge on any atom is 0.352 e. The van der Waals surface area contributed by atoms with Crippen molar-refractivity contribution in [2.45, 2.75) is 18.3 Å². The molecule has 3 heterocycles. The number of hydrogen-bond acceptors (Lipinski definition) is 6. The largest absolute Gasteiger partial charge is 0.477 e. The van der Waals surface area contributed by atoms with Gasteiger partial charge in [-0.1, -0.05) is 6.08 Å². The Labute approximate surface area is 135 Å². The Hall–Kier alpha value is -1.80. The van der Waals surface area contributed by atoms with Gasteiger partial charge in [0.2, 0.25) is 6.41 Å². The third-order valence-corrected chi connectivity index (χ3v) is 6.05. The second kappa shape index (κ2) is 6.13. The Balaban J connectivity index is 1.84. The highest BCUT2D eigenvalue weighted by atomic mass is 32.2. The molecule has 2 atom stereocenters. The lowest BCUT2D eigenvalue weighted by molar-refractivity contribution is -0.135. The molecule has 6 nitrogen and oxygen atoms in total. The molecule has 22 heavy (non-hydrogen) atoms. The molecule has 0 bridgehead atoms. The first-order valence-electron chi connectivity index (χ1n) is 6.74. The number of amides is 1. The number of hydrogen-bond donors (Lipinski definition) is 2. The molecule has 1 saturated heterocycles. The second-order valence-electron chi connectivity index (χ2n) is 5.06. The predicted octanol–water partition coefficient (Wildman–Crippen LogP) is 1.31. The summed E-state index contributed by atoms with van der Waals surface area (Å²) in [6.07, 6.45) is 4.47. The van der Waals surface area contributed by atoms with E-state index in [1.54, 1.807) is 17.3 Å². The summed E-state index contributed by atoms with van der Waals surface area (Å²) >= 11 is 3.18. The second-order valence-corrected chi connectivity index (χ2v) is 7.05. The number of fused-ring (bicyclic) bond motifs is 1. The molecule has 2 aliphatic heterocycles. The van der Waals surface area contributed by atoms with Gasteiger partial charge < -0.3 is 15.3 Å². The first-order chi connectivity index (χ1) is 10.6. The Morgan fingerprint density at radius 3 is 3.00 bits per heavy atom. The molecule has 2 unspecified atom stereocenters. The van der Waals surface area contributed by atoms with Crippen molar-refractivity contribution in [1.82, 2.24) is 15.2 Å². The summed E-state index contributed by atoms with van der Waals surface area (Å²) in [5, 5.41) is 12.3. The highest BCUT2D eigenvalue weighted by molar-refractivity contribution is 8.00. The van der Waals surface area contributed by atoms with Crippen molar-refractivity contribution in [2.75, 3.05) is 12.3 Å². The number of aliphatic carboxylic acids is 1. The number of carbonyl (C=O) groups excluding carboxylic acids is 1. The van der Waals surface area contributed by atoms with E-state index in [1.807, 2.05) is 24.0 Å². The zero-order valence-electron chi connectivity index (χ0n) is 11.9. The lowest BCUT2D eigenvalue weighted by Gasteiger charge is -2.51. The van der Waals surface area contributed by atoms with Crippen LogP contribution in [-0.4, -0.2) is 51.1 Å². The van der Waals surface area contributed by atoms with Crippen molar-refractivity contribution in [1.29, 1.82) is 0 Å². The van der Waals surface area contributed by atoms with Crippen molar-refractivity contribution in [2.24, 2.45) is 0 Å². The first-order valence-corrected chi connectivity index (χ1v) is 8.67. The van der Waals surface area contributed by atoms with E-state index in [4.69, 9.17) is 0 Å². The number of carboxylic acids is 1. The SMILES string of the molecule is Cc1ncsc1/C=C\C1=C(C(=O)O)N2CC(NC=O)C2SC1. The molecular weight excluding hydrogens is 322 g/mol. The minimum absolute atomic E-state index is 0.0126. The molecule has 0 spiro atoms. The molecule has 1 aromatic rings. The monoisotopic (exact) mass is 337 g/mol. The van der Waals surface area contributed by atoms with Gasteiger partial charge >= 0.3 is 5.97 Å². The first kappa shape index (κ1) is 15.1. The fraction of sp³-hybridized carbons (Fsp3) is 0.357. The Bertz CT molecular complexity index is 668. The van der Waals surface area contributed by atoms with Crippen molar-refractivity contribution in [3.05, 3.63) is 33.4 Å². The van der Waals surface area contributed by atoms with Crippen LogP contribution in [0.4, 0.5) is 0 Å².